The lowest BCUT2D eigenvalue weighted by Gasteiger charge is -2.16. The summed E-state index contributed by atoms with van der Waals surface area (Å²) < 4.78 is 74.6. The molecule has 0 aliphatic heterocycles. The highest BCUT2D eigenvalue weighted by Gasteiger charge is 2.38. The number of aromatic nitrogens is 4. The van der Waals surface area contributed by atoms with Gasteiger partial charge in [0.25, 0.3) is 0 Å². The quantitative estimate of drug-likeness (QED) is 0.259. The van der Waals surface area contributed by atoms with Crippen LogP contribution in [0.4, 0.5) is 32.2 Å². The van der Waals surface area contributed by atoms with E-state index in [4.69, 9.17) is 34.3 Å². The molecule has 0 aliphatic carbocycles. The van der Waals surface area contributed by atoms with Crippen LogP contribution in [-0.4, -0.2) is 75.9 Å². The SMILES string of the molecule is COc1cccc(OCc2nc(N(C)C)c3cc(-c4cn[nH]c4)ccc3n2)c1.O=C(O)C(F)(F)F.O=C(O)C(F)(F)F. The maximum Gasteiger partial charge on any atom is 0.490 e. The fraction of sp³-hybridized carbons (Fsp3) is 0.240. The average Bonchev–Trinajstić information content (AvgIpc) is 3.46. The lowest BCUT2D eigenvalue weighted by Crippen LogP contribution is -2.21. The molecule has 0 radical (unpaired) electrons. The van der Waals surface area contributed by atoms with Crippen LogP contribution in [-0.2, 0) is 16.2 Å². The van der Waals surface area contributed by atoms with Gasteiger partial charge in [0, 0.05) is 37.3 Å². The number of hydrogen-bond acceptors (Lipinski definition) is 8. The van der Waals surface area contributed by atoms with Gasteiger partial charge in [-0.25, -0.2) is 19.6 Å². The van der Waals surface area contributed by atoms with Gasteiger partial charge in [0.1, 0.15) is 23.9 Å². The Morgan fingerprint density at radius 1 is 0.905 bits per heavy atom. The molecule has 42 heavy (non-hydrogen) atoms. The number of methoxy groups -OCH3 is 1. The Hall–Kier alpha value is -5.09. The number of alkyl halides is 6. The van der Waals surface area contributed by atoms with Crippen LogP contribution >= 0.6 is 0 Å². The first-order valence-electron chi connectivity index (χ1n) is 11.4. The highest BCUT2D eigenvalue weighted by Crippen LogP contribution is 2.29. The Morgan fingerprint density at radius 3 is 2.00 bits per heavy atom. The highest BCUT2D eigenvalue weighted by molar-refractivity contribution is 5.92. The fourth-order valence-electron chi connectivity index (χ4n) is 2.99. The predicted molar refractivity (Wildman–Crippen MR) is 136 cm³/mol. The molecule has 0 bridgehead atoms. The zero-order valence-electron chi connectivity index (χ0n) is 22.0. The van der Waals surface area contributed by atoms with Gasteiger partial charge in [-0.3, -0.25) is 5.10 Å². The van der Waals surface area contributed by atoms with Gasteiger partial charge in [-0.1, -0.05) is 12.1 Å². The van der Waals surface area contributed by atoms with E-state index in [1.807, 2.05) is 61.6 Å². The Bertz CT molecular complexity index is 1470. The number of halogens is 6. The molecule has 2 heterocycles. The topological polar surface area (TPSA) is 151 Å². The van der Waals surface area contributed by atoms with Crippen LogP contribution in [0.15, 0.2) is 54.9 Å². The molecule has 2 aromatic heterocycles. The minimum atomic E-state index is -5.08. The van der Waals surface area contributed by atoms with E-state index in [2.05, 4.69) is 21.2 Å². The number of carboxylic acids is 2. The third-order valence-corrected chi connectivity index (χ3v) is 4.87. The summed E-state index contributed by atoms with van der Waals surface area (Å²) in [5.74, 6) is -2.59. The molecular formula is C25H23F6N5O6. The molecule has 2 aromatic carbocycles. The maximum absolute atomic E-state index is 10.6. The number of nitrogens with zero attached hydrogens (tertiary/aromatic N) is 4. The van der Waals surface area contributed by atoms with Crippen LogP contribution in [0.2, 0.25) is 0 Å². The number of fused-ring (bicyclic) bond motifs is 1. The van der Waals surface area contributed by atoms with Crippen molar-refractivity contribution in [3.63, 3.8) is 0 Å². The summed E-state index contributed by atoms with van der Waals surface area (Å²) in [5, 5.41) is 22.1. The zero-order chi connectivity index (χ0) is 31.7. The third kappa shape index (κ3) is 9.83. The van der Waals surface area contributed by atoms with Gasteiger partial charge >= 0.3 is 24.3 Å². The first-order valence-corrected chi connectivity index (χ1v) is 11.4. The number of aliphatic carboxylic acids is 2. The van der Waals surface area contributed by atoms with Crippen molar-refractivity contribution >= 4 is 28.7 Å². The number of aromatic amines is 1. The van der Waals surface area contributed by atoms with Crippen LogP contribution in [0.1, 0.15) is 5.82 Å². The van der Waals surface area contributed by atoms with Crippen molar-refractivity contribution < 1.29 is 55.6 Å². The number of benzene rings is 2. The number of ether oxygens (including phenoxy) is 2. The van der Waals surface area contributed by atoms with Gasteiger partial charge in [0.2, 0.25) is 0 Å². The lowest BCUT2D eigenvalue weighted by atomic mass is 10.1. The van der Waals surface area contributed by atoms with E-state index in [0.717, 1.165) is 33.6 Å². The van der Waals surface area contributed by atoms with Crippen molar-refractivity contribution in [2.24, 2.45) is 0 Å². The molecule has 3 N–H and O–H groups in total. The monoisotopic (exact) mass is 603 g/mol. The molecule has 4 aromatic rings. The first kappa shape index (κ1) is 33.1. The molecule has 0 fully saturated rings. The van der Waals surface area contributed by atoms with Gasteiger partial charge in [-0.15, -0.1) is 0 Å². The Morgan fingerprint density at radius 2 is 1.50 bits per heavy atom. The number of nitrogens with one attached hydrogen (secondary N) is 1. The van der Waals surface area contributed by atoms with Crippen molar-refractivity contribution in [1.29, 1.82) is 0 Å². The van der Waals surface area contributed by atoms with Gasteiger partial charge in [0.15, 0.2) is 5.82 Å². The van der Waals surface area contributed by atoms with Crippen molar-refractivity contribution in [1.82, 2.24) is 20.2 Å². The molecule has 226 valence electrons. The summed E-state index contributed by atoms with van der Waals surface area (Å²) >= 11 is 0. The van der Waals surface area contributed by atoms with Crippen LogP contribution in [0.25, 0.3) is 22.0 Å². The second kappa shape index (κ2) is 14.0. The van der Waals surface area contributed by atoms with E-state index in [-0.39, 0.29) is 6.61 Å². The summed E-state index contributed by atoms with van der Waals surface area (Å²) in [6, 6.07) is 13.6. The normalized spacial score (nSPS) is 11.0. The molecule has 0 atom stereocenters. The molecule has 0 saturated heterocycles. The van der Waals surface area contributed by atoms with Crippen molar-refractivity contribution in [2.45, 2.75) is 19.0 Å². The van der Waals surface area contributed by atoms with Gasteiger partial charge in [-0.2, -0.15) is 31.4 Å². The molecule has 4 rings (SSSR count). The third-order valence-electron chi connectivity index (χ3n) is 4.87. The van der Waals surface area contributed by atoms with E-state index < -0.39 is 24.3 Å². The fourth-order valence-corrected chi connectivity index (χ4v) is 2.99. The summed E-state index contributed by atoms with van der Waals surface area (Å²) in [7, 11) is 5.57. The molecule has 11 nitrogen and oxygen atoms in total. The highest BCUT2D eigenvalue weighted by atomic mass is 19.4. The van der Waals surface area contributed by atoms with Gasteiger partial charge in [0.05, 0.1) is 18.8 Å². The second-order valence-electron chi connectivity index (χ2n) is 8.15. The summed E-state index contributed by atoms with van der Waals surface area (Å²) in [6.07, 6.45) is -6.50. The smallest absolute Gasteiger partial charge is 0.490 e. The van der Waals surface area contributed by atoms with Crippen LogP contribution in [0.5, 0.6) is 11.5 Å². The van der Waals surface area contributed by atoms with Crippen molar-refractivity contribution in [2.75, 3.05) is 26.1 Å². The van der Waals surface area contributed by atoms with Crippen molar-refractivity contribution in [3.05, 3.63) is 60.7 Å². The molecule has 0 spiro atoms. The number of H-pyrrole nitrogens is 1. The average molecular weight is 603 g/mol. The predicted octanol–water partition coefficient (Wildman–Crippen LogP) is 4.94. The minimum Gasteiger partial charge on any atom is -0.497 e. The summed E-state index contributed by atoms with van der Waals surface area (Å²) in [5.41, 5.74) is 2.96. The van der Waals surface area contributed by atoms with Crippen LogP contribution in [0.3, 0.4) is 0 Å². The summed E-state index contributed by atoms with van der Waals surface area (Å²) in [6.45, 7) is 0.271. The number of anilines is 1. The standard InChI is InChI=1S/C21H21N5O2.2C2HF3O2/c1-26(2)21-18-9-14(15-11-22-23-12-15)7-8-19(18)24-20(25-21)13-28-17-6-4-5-16(10-17)27-3;2*3-2(4,5)1(6)7/h4-12H,13H2,1-3H3,(H,22,23);2*(H,6,7). The molecular weight excluding hydrogens is 580 g/mol. The molecule has 0 unspecified atom stereocenters. The van der Waals surface area contributed by atoms with Crippen LogP contribution in [0, 0.1) is 0 Å². The number of hydrogen-bond donors (Lipinski definition) is 3. The van der Waals surface area contributed by atoms with Crippen molar-refractivity contribution in [3.8, 4) is 22.6 Å². The Kier molecular flexibility index (Phi) is 11.0. The molecule has 0 amide bonds. The van der Waals surface area contributed by atoms with E-state index >= 15 is 0 Å². The molecule has 0 saturated carbocycles. The first-order chi connectivity index (χ1) is 19.5. The Labute approximate surface area is 233 Å². The number of carbonyl (C=O) groups is 2. The van der Waals surface area contributed by atoms with E-state index in [9.17, 15) is 26.3 Å². The number of rotatable bonds is 6. The molecule has 17 heteroatoms. The summed E-state index contributed by atoms with van der Waals surface area (Å²) in [4.78, 5) is 29.2. The van der Waals surface area contributed by atoms with E-state index in [0.29, 0.717) is 11.6 Å². The molecule has 0 aliphatic rings. The zero-order valence-corrected chi connectivity index (χ0v) is 22.0. The van der Waals surface area contributed by atoms with Crippen LogP contribution < -0.4 is 14.4 Å². The second-order valence-corrected chi connectivity index (χ2v) is 8.15. The minimum absolute atomic E-state index is 0.271. The number of carboxylic acid groups (broad SMARTS) is 2. The largest absolute Gasteiger partial charge is 0.497 e. The lowest BCUT2D eigenvalue weighted by molar-refractivity contribution is -0.193. The van der Waals surface area contributed by atoms with E-state index in [1.54, 1.807) is 13.3 Å². The van der Waals surface area contributed by atoms with Gasteiger partial charge < -0.3 is 24.6 Å². The Balaban J connectivity index is 0.000000367. The van der Waals surface area contributed by atoms with E-state index in [1.165, 1.54) is 0 Å². The maximum atomic E-state index is 10.6. The van der Waals surface area contributed by atoms with Gasteiger partial charge in [-0.05, 0) is 29.8 Å².